The first-order valence-electron chi connectivity index (χ1n) is 8.53. The molecule has 7 N–H and O–H groups in total. The molecule has 2 aromatic rings. The minimum atomic E-state index is -4.42. The zero-order valence-corrected chi connectivity index (χ0v) is 16.6. The van der Waals surface area contributed by atoms with E-state index in [0.29, 0.717) is 10.8 Å². The first-order valence-corrected chi connectivity index (χ1v) is 10.0. The summed E-state index contributed by atoms with van der Waals surface area (Å²) in [5.74, 6) is -1.79. The van der Waals surface area contributed by atoms with Crippen LogP contribution in [0.1, 0.15) is 12.8 Å². The Morgan fingerprint density at radius 2 is 1.75 bits per heavy atom. The molecule has 0 aliphatic heterocycles. The molecule has 10 heteroatoms. The summed E-state index contributed by atoms with van der Waals surface area (Å²) in [7, 11) is -0.746. The monoisotopic (exact) mass is 407 g/mol. The van der Waals surface area contributed by atoms with Crippen molar-refractivity contribution in [1.29, 1.82) is 0 Å². The number of sulfone groups is 1. The highest BCUT2D eigenvalue weighted by Gasteiger charge is 2.48. The number of aliphatic carboxylic acids is 1. The van der Waals surface area contributed by atoms with Gasteiger partial charge in [-0.05, 0) is 25.0 Å². The van der Waals surface area contributed by atoms with Crippen LogP contribution in [0.25, 0.3) is 10.8 Å². The molecule has 0 saturated carbocycles. The second-order valence-electron chi connectivity index (χ2n) is 6.63. The predicted molar refractivity (Wildman–Crippen MR) is 110 cm³/mol. The summed E-state index contributed by atoms with van der Waals surface area (Å²) in [5.41, 5.74) is 17.2. The largest absolute Gasteiger partial charge is 0.479 e. The van der Waals surface area contributed by atoms with Gasteiger partial charge in [-0.2, -0.15) is 0 Å². The molecule has 0 aliphatic carbocycles. The van der Waals surface area contributed by atoms with Crippen molar-refractivity contribution in [3.8, 4) is 0 Å². The van der Waals surface area contributed by atoms with Crippen molar-refractivity contribution in [2.24, 2.45) is 22.2 Å². The Morgan fingerprint density at radius 1 is 1.14 bits per heavy atom. The number of nitrogens with zero attached hydrogens (tertiary/aromatic N) is 2. The second-order valence-corrected chi connectivity index (χ2v) is 8.81. The third-order valence-corrected chi connectivity index (χ3v) is 6.75. The van der Waals surface area contributed by atoms with Gasteiger partial charge in [0, 0.05) is 37.1 Å². The lowest BCUT2D eigenvalue weighted by molar-refractivity contribution is -0.140. The number of carbonyl (C=O) groups is 1. The van der Waals surface area contributed by atoms with Gasteiger partial charge in [-0.25, -0.2) is 13.2 Å². The third kappa shape index (κ3) is 3.87. The summed E-state index contributed by atoms with van der Waals surface area (Å²) >= 11 is 0. The molecule has 0 bridgehead atoms. The van der Waals surface area contributed by atoms with Crippen molar-refractivity contribution in [2.45, 2.75) is 22.6 Å². The van der Waals surface area contributed by atoms with E-state index in [1.165, 1.54) is 6.07 Å². The van der Waals surface area contributed by atoms with Crippen LogP contribution in [0.15, 0.2) is 46.3 Å². The fourth-order valence-corrected chi connectivity index (χ4v) is 4.75. The van der Waals surface area contributed by atoms with Crippen LogP contribution >= 0.6 is 0 Å². The smallest absolute Gasteiger partial charge is 0.339 e. The Balaban J connectivity index is 2.59. The molecule has 0 heterocycles. The molecule has 2 rings (SSSR count). The molecule has 0 unspecified atom stereocenters. The van der Waals surface area contributed by atoms with Gasteiger partial charge in [-0.15, -0.1) is 0 Å². The number of rotatable bonds is 8. The van der Waals surface area contributed by atoms with Crippen molar-refractivity contribution in [1.82, 2.24) is 0 Å². The zero-order valence-electron chi connectivity index (χ0n) is 15.8. The van der Waals surface area contributed by atoms with Gasteiger partial charge in [0.15, 0.2) is 5.96 Å². The molecule has 1 atom stereocenters. The molecule has 0 aromatic heterocycles. The van der Waals surface area contributed by atoms with E-state index in [1.54, 1.807) is 24.3 Å². The van der Waals surface area contributed by atoms with Crippen LogP contribution in [-0.2, 0) is 14.6 Å². The van der Waals surface area contributed by atoms with E-state index in [9.17, 15) is 18.3 Å². The predicted octanol–water partition coefficient (Wildman–Crippen LogP) is 0.473. The van der Waals surface area contributed by atoms with Gasteiger partial charge in [0.2, 0.25) is 14.7 Å². The van der Waals surface area contributed by atoms with Crippen LogP contribution < -0.4 is 22.1 Å². The van der Waals surface area contributed by atoms with Crippen molar-refractivity contribution in [2.75, 3.05) is 25.5 Å². The fraction of sp³-hybridized carbons (Fsp3) is 0.333. The van der Waals surface area contributed by atoms with Crippen LogP contribution in [0.4, 0.5) is 5.69 Å². The summed E-state index contributed by atoms with van der Waals surface area (Å²) < 4.78 is 26.6. The van der Waals surface area contributed by atoms with E-state index < -0.39 is 20.7 Å². The number of benzene rings is 2. The summed E-state index contributed by atoms with van der Waals surface area (Å²) in [6.07, 6.45) is -0.251. The maximum absolute atomic E-state index is 13.3. The molecule has 0 fully saturated rings. The number of anilines is 1. The molecular formula is C18H25N5O4S. The highest BCUT2D eigenvalue weighted by Crippen LogP contribution is 2.34. The van der Waals surface area contributed by atoms with Crippen molar-refractivity contribution in [3.63, 3.8) is 0 Å². The first-order chi connectivity index (χ1) is 13.0. The van der Waals surface area contributed by atoms with Crippen LogP contribution in [0.2, 0.25) is 0 Å². The summed E-state index contributed by atoms with van der Waals surface area (Å²) in [4.78, 5) is 14.8. The molecule has 0 saturated heterocycles. The molecule has 0 radical (unpaired) electrons. The fourth-order valence-electron chi connectivity index (χ4n) is 2.99. The zero-order chi connectivity index (χ0) is 21.1. The van der Waals surface area contributed by atoms with E-state index in [0.717, 1.165) is 5.69 Å². The Labute approximate surface area is 163 Å². The number of carboxylic acids is 1. The van der Waals surface area contributed by atoms with E-state index in [4.69, 9.17) is 17.2 Å². The molecule has 0 spiro atoms. The third-order valence-electron chi connectivity index (χ3n) is 4.47. The Hall–Kier alpha value is -2.85. The lowest BCUT2D eigenvalue weighted by atomic mass is 10.1. The van der Waals surface area contributed by atoms with Gasteiger partial charge < -0.3 is 27.2 Å². The van der Waals surface area contributed by atoms with Gasteiger partial charge in [0.05, 0.1) is 4.90 Å². The lowest BCUT2D eigenvalue weighted by Gasteiger charge is -2.26. The molecular weight excluding hydrogens is 382 g/mol. The van der Waals surface area contributed by atoms with Gasteiger partial charge in [0.25, 0.3) is 0 Å². The van der Waals surface area contributed by atoms with Gasteiger partial charge in [-0.3, -0.25) is 4.99 Å². The number of hydrogen-bond donors (Lipinski definition) is 4. The summed E-state index contributed by atoms with van der Waals surface area (Å²) in [6, 6.07) is 9.93. The summed E-state index contributed by atoms with van der Waals surface area (Å²) in [5, 5.41) is 10.7. The quantitative estimate of drug-likeness (QED) is 0.278. The highest BCUT2D eigenvalue weighted by atomic mass is 32.2. The standard InChI is InChI=1S/C18H25N5O4S/c1-23(2)14-8-3-7-13-12(14)6-4-9-15(13)28(26,27)18(21,16(24)25)10-5-11-22-17(19)20/h3-4,6-9H,5,10-11,21H2,1-2H3,(H,24,25)(H4,19,20,22)/t18-/m1/s1. The Morgan fingerprint density at radius 3 is 2.32 bits per heavy atom. The number of aliphatic imine (C=N–C) groups is 1. The topological polar surface area (TPSA) is 165 Å². The van der Waals surface area contributed by atoms with Gasteiger partial charge in [-0.1, -0.05) is 24.3 Å². The number of fused-ring (bicyclic) bond motifs is 1. The Bertz CT molecular complexity index is 1020. The summed E-state index contributed by atoms with van der Waals surface area (Å²) in [6.45, 7) is 0.0738. The molecule has 2 aromatic carbocycles. The van der Waals surface area contributed by atoms with E-state index in [-0.39, 0.29) is 30.2 Å². The molecule has 0 amide bonds. The maximum Gasteiger partial charge on any atom is 0.339 e. The molecule has 152 valence electrons. The Kier molecular flexibility index (Phi) is 6.15. The number of guanidine groups is 1. The van der Waals surface area contributed by atoms with Crippen LogP contribution in [-0.4, -0.2) is 51.0 Å². The van der Waals surface area contributed by atoms with Crippen LogP contribution in [0.3, 0.4) is 0 Å². The average Bonchev–Trinajstić information content (AvgIpc) is 2.63. The molecule has 9 nitrogen and oxygen atoms in total. The number of carboxylic acid groups (broad SMARTS) is 1. The maximum atomic E-state index is 13.3. The molecule has 0 aliphatic rings. The van der Waals surface area contributed by atoms with Crippen molar-refractivity contribution >= 4 is 38.2 Å². The molecule has 28 heavy (non-hydrogen) atoms. The van der Waals surface area contributed by atoms with E-state index >= 15 is 0 Å². The highest BCUT2D eigenvalue weighted by molar-refractivity contribution is 7.93. The van der Waals surface area contributed by atoms with Crippen molar-refractivity contribution in [3.05, 3.63) is 36.4 Å². The van der Waals surface area contributed by atoms with Crippen molar-refractivity contribution < 1.29 is 18.3 Å². The SMILES string of the molecule is CN(C)c1cccc2c(S(=O)(=O)[C@](N)(CCCN=C(N)N)C(=O)O)cccc12. The number of hydrogen-bond acceptors (Lipinski definition) is 6. The van der Waals surface area contributed by atoms with Crippen LogP contribution in [0, 0.1) is 0 Å². The lowest BCUT2D eigenvalue weighted by Crippen LogP contribution is -2.54. The number of nitrogens with two attached hydrogens (primary N) is 3. The minimum Gasteiger partial charge on any atom is -0.479 e. The average molecular weight is 407 g/mol. The van der Waals surface area contributed by atoms with E-state index in [2.05, 4.69) is 4.99 Å². The van der Waals surface area contributed by atoms with Gasteiger partial charge in [0.1, 0.15) is 0 Å². The van der Waals surface area contributed by atoms with E-state index in [1.807, 2.05) is 25.1 Å². The van der Waals surface area contributed by atoms with Crippen LogP contribution in [0.5, 0.6) is 0 Å². The first kappa shape index (κ1) is 21.5. The second kappa shape index (κ2) is 8.03. The normalized spacial score (nSPS) is 13.7. The van der Waals surface area contributed by atoms with Gasteiger partial charge >= 0.3 is 5.97 Å². The minimum absolute atomic E-state index is 0.0738.